The van der Waals surface area contributed by atoms with Crippen LogP contribution >= 0.6 is 0 Å². The molecule has 4 heteroatoms. The summed E-state index contributed by atoms with van der Waals surface area (Å²) in [5.41, 5.74) is 7.43. The highest BCUT2D eigenvalue weighted by Crippen LogP contribution is 2.17. The largest absolute Gasteiger partial charge is 0.366 e. The standard InChI is InChI=1S/C17H14N2O2/c1-11-6-8-12(9-7-11)19-10-15(16(18)20)13-4-2-3-5-14(13)17(19)21/h2-10H,1H3,(H2,18,20). The lowest BCUT2D eigenvalue weighted by atomic mass is 10.1. The van der Waals surface area contributed by atoms with Gasteiger partial charge in [-0.25, -0.2) is 0 Å². The van der Waals surface area contributed by atoms with Crippen LogP contribution in [0, 0.1) is 6.92 Å². The van der Waals surface area contributed by atoms with Crippen LogP contribution in [-0.4, -0.2) is 10.5 Å². The molecule has 2 aromatic carbocycles. The van der Waals surface area contributed by atoms with Gasteiger partial charge in [0, 0.05) is 22.7 Å². The highest BCUT2D eigenvalue weighted by atomic mass is 16.1. The van der Waals surface area contributed by atoms with Crippen molar-refractivity contribution in [2.45, 2.75) is 6.92 Å². The second-order valence-electron chi connectivity index (χ2n) is 4.96. The second-order valence-corrected chi connectivity index (χ2v) is 4.96. The number of carbonyl (C=O) groups excluding carboxylic acids is 1. The van der Waals surface area contributed by atoms with E-state index in [0.717, 1.165) is 5.56 Å². The van der Waals surface area contributed by atoms with Gasteiger partial charge in [0.25, 0.3) is 11.5 Å². The summed E-state index contributed by atoms with van der Waals surface area (Å²) < 4.78 is 1.46. The minimum Gasteiger partial charge on any atom is -0.366 e. The predicted molar refractivity (Wildman–Crippen MR) is 82.8 cm³/mol. The maximum absolute atomic E-state index is 12.6. The lowest BCUT2D eigenvalue weighted by Crippen LogP contribution is -2.22. The average Bonchev–Trinajstić information content (AvgIpc) is 2.49. The van der Waals surface area contributed by atoms with Crippen LogP contribution in [-0.2, 0) is 0 Å². The van der Waals surface area contributed by atoms with Crippen molar-refractivity contribution in [2.24, 2.45) is 5.73 Å². The molecule has 0 saturated carbocycles. The van der Waals surface area contributed by atoms with Gasteiger partial charge in [0.2, 0.25) is 0 Å². The van der Waals surface area contributed by atoms with Gasteiger partial charge in [-0.05, 0) is 25.1 Å². The summed E-state index contributed by atoms with van der Waals surface area (Å²) in [7, 11) is 0. The zero-order chi connectivity index (χ0) is 15.0. The summed E-state index contributed by atoms with van der Waals surface area (Å²) in [6.07, 6.45) is 1.51. The van der Waals surface area contributed by atoms with Crippen molar-refractivity contribution in [3.05, 3.63) is 76.2 Å². The number of primary amides is 1. The van der Waals surface area contributed by atoms with E-state index in [1.54, 1.807) is 24.3 Å². The maximum Gasteiger partial charge on any atom is 0.262 e. The summed E-state index contributed by atoms with van der Waals surface area (Å²) in [5, 5.41) is 1.06. The van der Waals surface area contributed by atoms with Gasteiger partial charge in [-0.15, -0.1) is 0 Å². The maximum atomic E-state index is 12.6. The molecule has 3 aromatic rings. The van der Waals surface area contributed by atoms with Gasteiger partial charge in [-0.3, -0.25) is 14.2 Å². The number of hydrogen-bond donors (Lipinski definition) is 1. The monoisotopic (exact) mass is 278 g/mol. The Morgan fingerprint density at radius 2 is 1.62 bits per heavy atom. The summed E-state index contributed by atoms with van der Waals surface area (Å²) in [6, 6.07) is 14.5. The van der Waals surface area contributed by atoms with E-state index in [0.29, 0.717) is 22.0 Å². The molecular formula is C17H14N2O2. The molecule has 1 amide bonds. The second kappa shape index (κ2) is 4.90. The third-order valence-electron chi connectivity index (χ3n) is 3.50. The smallest absolute Gasteiger partial charge is 0.262 e. The number of nitrogens with zero attached hydrogens (tertiary/aromatic N) is 1. The Morgan fingerprint density at radius 1 is 1.00 bits per heavy atom. The first-order chi connectivity index (χ1) is 10.1. The number of aromatic nitrogens is 1. The lowest BCUT2D eigenvalue weighted by molar-refractivity contribution is 0.100. The van der Waals surface area contributed by atoms with Crippen LogP contribution in [0.3, 0.4) is 0 Å². The van der Waals surface area contributed by atoms with Gasteiger partial charge < -0.3 is 5.73 Å². The van der Waals surface area contributed by atoms with Crippen molar-refractivity contribution in [3.8, 4) is 5.69 Å². The molecule has 104 valence electrons. The number of benzene rings is 2. The van der Waals surface area contributed by atoms with Crippen molar-refractivity contribution in [2.75, 3.05) is 0 Å². The molecule has 0 aliphatic rings. The van der Waals surface area contributed by atoms with Gasteiger partial charge in [-0.1, -0.05) is 35.9 Å². The molecule has 0 radical (unpaired) electrons. The van der Waals surface area contributed by atoms with Crippen LogP contribution in [0.1, 0.15) is 15.9 Å². The quantitative estimate of drug-likeness (QED) is 0.782. The number of fused-ring (bicyclic) bond motifs is 1. The Kier molecular flexibility index (Phi) is 3.06. The van der Waals surface area contributed by atoms with E-state index in [2.05, 4.69) is 0 Å². The van der Waals surface area contributed by atoms with Crippen LogP contribution in [0.5, 0.6) is 0 Å². The molecule has 0 fully saturated rings. The number of carbonyl (C=O) groups is 1. The summed E-state index contributed by atoms with van der Waals surface area (Å²) in [5.74, 6) is -0.549. The summed E-state index contributed by atoms with van der Waals surface area (Å²) in [4.78, 5) is 24.3. The Morgan fingerprint density at radius 3 is 2.24 bits per heavy atom. The molecule has 2 N–H and O–H groups in total. The van der Waals surface area contributed by atoms with E-state index in [1.807, 2.05) is 31.2 Å². The molecule has 3 rings (SSSR count). The Balaban J connectivity index is 2.39. The van der Waals surface area contributed by atoms with E-state index < -0.39 is 5.91 Å². The number of nitrogens with two attached hydrogens (primary N) is 1. The topological polar surface area (TPSA) is 65.1 Å². The van der Waals surface area contributed by atoms with E-state index >= 15 is 0 Å². The first kappa shape index (κ1) is 13.1. The number of aryl methyl sites for hydroxylation is 1. The predicted octanol–water partition coefficient (Wildman–Crippen LogP) is 2.40. The SMILES string of the molecule is Cc1ccc(-n2cc(C(N)=O)c3ccccc3c2=O)cc1. The van der Waals surface area contributed by atoms with Crippen molar-refractivity contribution in [3.63, 3.8) is 0 Å². The van der Waals surface area contributed by atoms with E-state index in [9.17, 15) is 9.59 Å². The molecule has 0 aliphatic carbocycles. The molecule has 1 heterocycles. The van der Waals surface area contributed by atoms with E-state index in [-0.39, 0.29) is 5.56 Å². The van der Waals surface area contributed by atoms with Crippen molar-refractivity contribution < 1.29 is 4.79 Å². The zero-order valence-corrected chi connectivity index (χ0v) is 11.5. The Labute approximate surface area is 121 Å². The fourth-order valence-corrected chi connectivity index (χ4v) is 2.39. The molecule has 0 atom stereocenters. The number of rotatable bonds is 2. The average molecular weight is 278 g/mol. The Hall–Kier alpha value is -2.88. The third kappa shape index (κ3) is 2.21. The fourth-order valence-electron chi connectivity index (χ4n) is 2.39. The molecule has 1 aromatic heterocycles. The van der Waals surface area contributed by atoms with Crippen LogP contribution < -0.4 is 11.3 Å². The zero-order valence-electron chi connectivity index (χ0n) is 11.5. The molecular weight excluding hydrogens is 264 g/mol. The van der Waals surface area contributed by atoms with Gasteiger partial charge in [-0.2, -0.15) is 0 Å². The molecule has 21 heavy (non-hydrogen) atoms. The van der Waals surface area contributed by atoms with Gasteiger partial charge in [0.1, 0.15) is 0 Å². The van der Waals surface area contributed by atoms with Crippen LogP contribution in [0.2, 0.25) is 0 Å². The highest BCUT2D eigenvalue weighted by molar-refractivity contribution is 6.05. The Bertz CT molecular complexity index is 893. The normalized spacial score (nSPS) is 10.7. The van der Waals surface area contributed by atoms with Gasteiger partial charge in [0.05, 0.1) is 5.56 Å². The van der Waals surface area contributed by atoms with Gasteiger partial charge >= 0.3 is 0 Å². The lowest BCUT2D eigenvalue weighted by Gasteiger charge is -2.10. The molecule has 0 spiro atoms. The first-order valence-electron chi connectivity index (χ1n) is 6.59. The number of hydrogen-bond acceptors (Lipinski definition) is 2. The molecule has 0 saturated heterocycles. The fraction of sp³-hybridized carbons (Fsp3) is 0.0588. The van der Waals surface area contributed by atoms with Crippen molar-refractivity contribution in [1.29, 1.82) is 0 Å². The van der Waals surface area contributed by atoms with Crippen molar-refractivity contribution in [1.82, 2.24) is 4.57 Å². The van der Waals surface area contributed by atoms with E-state index in [1.165, 1.54) is 10.8 Å². The molecule has 0 bridgehead atoms. The van der Waals surface area contributed by atoms with Crippen LogP contribution in [0.15, 0.2) is 59.5 Å². The molecule has 4 nitrogen and oxygen atoms in total. The minimum absolute atomic E-state index is 0.167. The highest BCUT2D eigenvalue weighted by Gasteiger charge is 2.12. The van der Waals surface area contributed by atoms with E-state index in [4.69, 9.17) is 5.73 Å². The summed E-state index contributed by atoms with van der Waals surface area (Å²) in [6.45, 7) is 1.97. The first-order valence-corrected chi connectivity index (χ1v) is 6.59. The minimum atomic E-state index is -0.549. The third-order valence-corrected chi connectivity index (χ3v) is 3.50. The molecule has 0 aliphatic heterocycles. The van der Waals surface area contributed by atoms with Crippen LogP contribution in [0.4, 0.5) is 0 Å². The molecule has 0 unspecified atom stereocenters. The number of pyridine rings is 1. The van der Waals surface area contributed by atoms with Crippen LogP contribution in [0.25, 0.3) is 16.5 Å². The summed E-state index contributed by atoms with van der Waals surface area (Å²) >= 11 is 0. The number of amides is 1. The van der Waals surface area contributed by atoms with Crippen molar-refractivity contribution >= 4 is 16.7 Å². The van der Waals surface area contributed by atoms with Gasteiger partial charge in [0.15, 0.2) is 0 Å².